The molecule has 0 amide bonds. The Morgan fingerprint density at radius 1 is 1.04 bits per heavy atom. The lowest BCUT2D eigenvalue weighted by Crippen LogP contribution is -2.35. The Morgan fingerprint density at radius 3 is 2.48 bits per heavy atom. The molecule has 0 saturated carbocycles. The Kier molecular flexibility index (Phi) is 5.84. The molecular formula is C21H26O2. The summed E-state index contributed by atoms with van der Waals surface area (Å²) >= 11 is 0. The zero-order valence-electron chi connectivity index (χ0n) is 13.9. The van der Waals surface area contributed by atoms with Crippen molar-refractivity contribution in [2.24, 2.45) is 5.92 Å². The summed E-state index contributed by atoms with van der Waals surface area (Å²) in [6.45, 7) is 4.53. The topological polar surface area (TPSA) is 18.5 Å². The lowest BCUT2D eigenvalue weighted by atomic mass is 9.82. The average Bonchev–Trinajstić information content (AvgIpc) is 2.63. The van der Waals surface area contributed by atoms with Crippen LogP contribution in [0, 0.1) is 5.92 Å². The Morgan fingerprint density at radius 2 is 1.74 bits per heavy atom. The third-order valence-corrected chi connectivity index (χ3v) is 4.65. The second-order valence-corrected chi connectivity index (χ2v) is 6.47. The Balaban J connectivity index is 1.57. The van der Waals surface area contributed by atoms with Gasteiger partial charge in [0.25, 0.3) is 0 Å². The molecule has 122 valence electrons. The average molecular weight is 310 g/mol. The number of benzene rings is 2. The highest BCUT2D eigenvalue weighted by molar-refractivity contribution is 5.21. The van der Waals surface area contributed by atoms with Crippen LogP contribution in [0.2, 0.25) is 0 Å². The molecule has 1 aliphatic heterocycles. The molecule has 1 aliphatic rings. The fourth-order valence-electron chi connectivity index (χ4n) is 3.45. The van der Waals surface area contributed by atoms with Gasteiger partial charge < -0.3 is 9.47 Å². The minimum atomic E-state index is 0.252. The zero-order valence-corrected chi connectivity index (χ0v) is 13.9. The second-order valence-electron chi connectivity index (χ2n) is 6.47. The summed E-state index contributed by atoms with van der Waals surface area (Å²) in [6.07, 6.45) is 2.60. The van der Waals surface area contributed by atoms with E-state index < -0.39 is 0 Å². The fourth-order valence-corrected chi connectivity index (χ4v) is 3.45. The highest BCUT2D eigenvalue weighted by Crippen LogP contribution is 2.34. The van der Waals surface area contributed by atoms with E-state index in [9.17, 15) is 0 Å². The molecular weight excluding hydrogens is 284 g/mol. The molecule has 3 rings (SSSR count). The molecule has 0 aliphatic carbocycles. The maximum Gasteiger partial charge on any atom is 0.0717 e. The summed E-state index contributed by atoms with van der Waals surface area (Å²) in [4.78, 5) is 0. The van der Waals surface area contributed by atoms with E-state index >= 15 is 0 Å². The van der Waals surface area contributed by atoms with Crippen molar-refractivity contribution in [3.05, 3.63) is 71.8 Å². The van der Waals surface area contributed by atoms with Gasteiger partial charge in [0.15, 0.2) is 0 Å². The van der Waals surface area contributed by atoms with E-state index in [0.29, 0.717) is 18.4 Å². The quantitative estimate of drug-likeness (QED) is 0.763. The van der Waals surface area contributed by atoms with Gasteiger partial charge in [0, 0.05) is 18.4 Å². The molecule has 1 heterocycles. The highest BCUT2D eigenvalue weighted by atomic mass is 16.5. The van der Waals surface area contributed by atoms with Crippen molar-refractivity contribution in [1.29, 1.82) is 0 Å². The summed E-state index contributed by atoms with van der Waals surface area (Å²) in [5.41, 5.74) is 2.62. The first kappa shape index (κ1) is 16.2. The molecule has 23 heavy (non-hydrogen) atoms. The van der Waals surface area contributed by atoms with Crippen molar-refractivity contribution in [2.45, 2.75) is 38.4 Å². The molecule has 1 saturated heterocycles. The van der Waals surface area contributed by atoms with E-state index in [1.807, 2.05) is 6.07 Å². The van der Waals surface area contributed by atoms with Gasteiger partial charge in [-0.05, 0) is 24.0 Å². The summed E-state index contributed by atoms with van der Waals surface area (Å²) < 4.78 is 12.1. The van der Waals surface area contributed by atoms with Gasteiger partial charge in [-0.2, -0.15) is 0 Å². The molecule has 3 atom stereocenters. The lowest BCUT2D eigenvalue weighted by molar-refractivity contribution is -0.0569. The monoisotopic (exact) mass is 310 g/mol. The van der Waals surface area contributed by atoms with Crippen LogP contribution in [0.3, 0.4) is 0 Å². The van der Waals surface area contributed by atoms with Crippen LogP contribution in [0.1, 0.15) is 36.8 Å². The standard InChI is InChI=1S/C21H26O2/c1-17(15-22-16-18-9-4-2-5-10-18)21-20(13-8-14-23-21)19-11-6-3-7-12-19/h2-7,9-12,17,20-21H,8,13-16H2,1H3/t17-,20+,21+/m1/s1. The van der Waals surface area contributed by atoms with Gasteiger partial charge in [0.1, 0.15) is 0 Å². The fraction of sp³-hybridized carbons (Fsp3) is 0.429. The third kappa shape index (κ3) is 4.43. The Bertz CT molecular complexity index is 567. The zero-order chi connectivity index (χ0) is 15.9. The van der Waals surface area contributed by atoms with Gasteiger partial charge in [0.2, 0.25) is 0 Å². The molecule has 0 unspecified atom stereocenters. The van der Waals surface area contributed by atoms with Gasteiger partial charge in [-0.25, -0.2) is 0 Å². The van der Waals surface area contributed by atoms with Crippen molar-refractivity contribution >= 4 is 0 Å². The van der Waals surface area contributed by atoms with Crippen LogP contribution in [0.15, 0.2) is 60.7 Å². The molecule has 0 aromatic heterocycles. The SMILES string of the molecule is C[C@H](COCc1ccccc1)[C@@H]1OCCC[C@H]1c1ccccc1. The van der Waals surface area contributed by atoms with Crippen LogP contribution in [-0.4, -0.2) is 19.3 Å². The van der Waals surface area contributed by atoms with E-state index in [1.165, 1.54) is 17.5 Å². The molecule has 0 radical (unpaired) electrons. The molecule has 0 bridgehead atoms. The molecule has 2 aromatic rings. The second kappa shape index (κ2) is 8.28. The summed E-state index contributed by atoms with van der Waals surface area (Å²) in [7, 11) is 0. The Hall–Kier alpha value is -1.64. The molecule has 2 aromatic carbocycles. The van der Waals surface area contributed by atoms with Gasteiger partial charge in [-0.1, -0.05) is 67.6 Å². The number of hydrogen-bond acceptors (Lipinski definition) is 2. The van der Waals surface area contributed by atoms with Crippen LogP contribution in [0.4, 0.5) is 0 Å². The first-order valence-electron chi connectivity index (χ1n) is 8.63. The van der Waals surface area contributed by atoms with Gasteiger partial charge in [-0.3, -0.25) is 0 Å². The minimum absolute atomic E-state index is 0.252. The van der Waals surface area contributed by atoms with E-state index in [1.54, 1.807) is 0 Å². The van der Waals surface area contributed by atoms with Crippen LogP contribution in [-0.2, 0) is 16.1 Å². The maximum absolute atomic E-state index is 6.13. The first-order valence-corrected chi connectivity index (χ1v) is 8.63. The van der Waals surface area contributed by atoms with Crippen LogP contribution in [0.25, 0.3) is 0 Å². The number of hydrogen-bond donors (Lipinski definition) is 0. The van der Waals surface area contributed by atoms with Crippen LogP contribution < -0.4 is 0 Å². The summed E-state index contributed by atoms with van der Waals surface area (Å²) in [5.74, 6) is 0.879. The van der Waals surface area contributed by atoms with E-state index in [2.05, 4.69) is 61.5 Å². The van der Waals surface area contributed by atoms with Gasteiger partial charge >= 0.3 is 0 Å². The van der Waals surface area contributed by atoms with E-state index in [4.69, 9.17) is 9.47 Å². The van der Waals surface area contributed by atoms with Crippen molar-refractivity contribution in [3.63, 3.8) is 0 Å². The van der Waals surface area contributed by atoms with Crippen LogP contribution >= 0.6 is 0 Å². The number of ether oxygens (including phenoxy) is 2. The molecule has 1 fully saturated rings. The molecule has 2 nitrogen and oxygen atoms in total. The maximum atomic E-state index is 6.13. The summed E-state index contributed by atoms with van der Waals surface area (Å²) in [5, 5.41) is 0. The Labute approximate surface area is 139 Å². The highest BCUT2D eigenvalue weighted by Gasteiger charge is 2.31. The third-order valence-electron chi connectivity index (χ3n) is 4.65. The van der Waals surface area contributed by atoms with Crippen molar-refractivity contribution in [3.8, 4) is 0 Å². The predicted octanol–water partition coefficient (Wildman–Crippen LogP) is 4.80. The van der Waals surface area contributed by atoms with Gasteiger partial charge in [0.05, 0.1) is 19.3 Å². The smallest absolute Gasteiger partial charge is 0.0717 e. The van der Waals surface area contributed by atoms with Crippen molar-refractivity contribution < 1.29 is 9.47 Å². The van der Waals surface area contributed by atoms with Crippen molar-refractivity contribution in [2.75, 3.05) is 13.2 Å². The molecule has 0 spiro atoms. The lowest BCUT2D eigenvalue weighted by Gasteiger charge is -2.36. The summed E-state index contributed by atoms with van der Waals surface area (Å²) in [6, 6.07) is 21.1. The van der Waals surface area contributed by atoms with E-state index in [0.717, 1.165) is 19.6 Å². The van der Waals surface area contributed by atoms with E-state index in [-0.39, 0.29) is 6.10 Å². The molecule has 0 N–H and O–H groups in total. The largest absolute Gasteiger partial charge is 0.377 e. The number of rotatable bonds is 6. The predicted molar refractivity (Wildman–Crippen MR) is 93.4 cm³/mol. The van der Waals surface area contributed by atoms with Crippen LogP contribution in [0.5, 0.6) is 0 Å². The molecule has 2 heteroatoms. The minimum Gasteiger partial charge on any atom is -0.377 e. The van der Waals surface area contributed by atoms with Crippen molar-refractivity contribution in [1.82, 2.24) is 0 Å². The van der Waals surface area contributed by atoms with Gasteiger partial charge in [-0.15, -0.1) is 0 Å². The first-order chi connectivity index (χ1) is 11.3. The normalized spacial score (nSPS) is 22.7.